The van der Waals surface area contributed by atoms with Crippen LogP contribution in [-0.2, 0) is 9.78 Å². The zero-order chi connectivity index (χ0) is 4.24. The van der Waals surface area contributed by atoms with Crippen LogP contribution < -0.4 is 0 Å². The lowest BCUT2D eigenvalue weighted by Gasteiger charge is -1.94. The predicted octanol–water partition coefficient (Wildman–Crippen LogP) is 1.40. The Balaban J connectivity index is 0.000000360. The Labute approximate surface area is 47.8 Å². The molecule has 0 unspecified atom stereocenters. The molecule has 0 saturated heterocycles. The molecular formula is C4H5ClO2. The summed E-state index contributed by atoms with van der Waals surface area (Å²) in [5.74, 6) is 0. The minimum Gasteiger partial charge on any atom is -0.299 e. The Hall–Kier alpha value is -0.630. The first-order valence-electron chi connectivity index (χ1n) is 1.64. The lowest BCUT2D eigenvalue weighted by Crippen LogP contribution is -1.78. The molecule has 0 saturated carbocycles. The van der Waals surface area contributed by atoms with E-state index in [1.54, 1.807) is 12.2 Å². The van der Waals surface area contributed by atoms with E-state index < -0.39 is 0 Å². The van der Waals surface area contributed by atoms with Gasteiger partial charge < -0.3 is 0 Å². The second kappa shape index (κ2) is 3.56. The fourth-order valence-electron chi connectivity index (χ4n) is 0.219. The van der Waals surface area contributed by atoms with E-state index in [2.05, 4.69) is 9.78 Å². The number of hydrogen-bond donors (Lipinski definition) is 0. The van der Waals surface area contributed by atoms with E-state index in [0.29, 0.717) is 0 Å². The molecule has 0 bridgehead atoms. The van der Waals surface area contributed by atoms with Crippen LogP contribution in [0, 0.1) is 0 Å². The van der Waals surface area contributed by atoms with Crippen molar-refractivity contribution in [2.75, 3.05) is 0 Å². The molecule has 3 heteroatoms. The van der Waals surface area contributed by atoms with Crippen molar-refractivity contribution in [3.63, 3.8) is 0 Å². The molecule has 0 amide bonds. The second-order valence-corrected chi connectivity index (χ2v) is 0.850. The summed E-state index contributed by atoms with van der Waals surface area (Å²) in [5.41, 5.74) is 0. The normalized spacial score (nSPS) is 13.7. The van der Waals surface area contributed by atoms with E-state index in [9.17, 15) is 0 Å². The fourth-order valence-corrected chi connectivity index (χ4v) is 0.219. The van der Waals surface area contributed by atoms with Crippen LogP contribution in [-0.4, -0.2) is 0 Å². The third-order valence-corrected chi connectivity index (χ3v) is 0.435. The molecule has 0 aromatic heterocycles. The smallest absolute Gasteiger partial charge is 0.142 e. The van der Waals surface area contributed by atoms with E-state index in [1.165, 1.54) is 12.5 Å². The summed E-state index contributed by atoms with van der Waals surface area (Å²) in [7, 11) is 0. The van der Waals surface area contributed by atoms with Crippen LogP contribution in [0.3, 0.4) is 0 Å². The lowest BCUT2D eigenvalue weighted by atomic mass is 10.6. The topological polar surface area (TPSA) is 18.5 Å². The van der Waals surface area contributed by atoms with Gasteiger partial charge in [-0.3, -0.25) is 9.78 Å². The Kier molecular flexibility index (Phi) is 3.24. The summed E-state index contributed by atoms with van der Waals surface area (Å²) in [5, 5.41) is 0. The molecule has 1 rings (SSSR count). The van der Waals surface area contributed by atoms with E-state index >= 15 is 0 Å². The van der Waals surface area contributed by atoms with Crippen LogP contribution in [0.15, 0.2) is 24.7 Å². The molecule has 0 spiro atoms. The molecule has 0 N–H and O–H groups in total. The maximum Gasteiger partial charge on any atom is 0.142 e. The molecule has 0 aromatic rings. The zero-order valence-corrected chi connectivity index (χ0v) is 4.35. The average molecular weight is 121 g/mol. The van der Waals surface area contributed by atoms with Crippen molar-refractivity contribution in [3.05, 3.63) is 24.7 Å². The number of rotatable bonds is 0. The first kappa shape index (κ1) is 6.37. The molecule has 1 aliphatic rings. The highest BCUT2D eigenvalue weighted by atomic mass is 35.5. The van der Waals surface area contributed by atoms with Crippen LogP contribution >= 0.6 is 12.4 Å². The van der Waals surface area contributed by atoms with Crippen molar-refractivity contribution in [1.29, 1.82) is 0 Å². The fraction of sp³-hybridized carbons (Fsp3) is 0. The summed E-state index contributed by atoms with van der Waals surface area (Å²) < 4.78 is 0. The standard InChI is InChI=1S/C4H4O2.ClH/c1-2-4-6-5-3-1;/h1-4H;1H. The van der Waals surface area contributed by atoms with Gasteiger partial charge in [-0.2, -0.15) is 0 Å². The van der Waals surface area contributed by atoms with Gasteiger partial charge in [0.1, 0.15) is 12.5 Å². The van der Waals surface area contributed by atoms with Gasteiger partial charge in [-0.1, -0.05) is 0 Å². The summed E-state index contributed by atoms with van der Waals surface area (Å²) in [6.07, 6.45) is 6.40. The first-order chi connectivity index (χ1) is 3.00. The summed E-state index contributed by atoms with van der Waals surface area (Å²) >= 11 is 0. The van der Waals surface area contributed by atoms with Gasteiger partial charge in [-0.05, 0) is 12.2 Å². The SMILES string of the molecule is C1=COOC=C1.Cl. The Morgan fingerprint density at radius 2 is 1.29 bits per heavy atom. The molecule has 0 radical (unpaired) electrons. The molecule has 1 heterocycles. The van der Waals surface area contributed by atoms with Gasteiger partial charge in [0.2, 0.25) is 0 Å². The molecule has 0 fully saturated rings. The van der Waals surface area contributed by atoms with Crippen molar-refractivity contribution in [2.24, 2.45) is 0 Å². The number of allylic oxidation sites excluding steroid dienone is 2. The molecular weight excluding hydrogens is 115 g/mol. The van der Waals surface area contributed by atoms with Gasteiger partial charge in [-0.15, -0.1) is 12.4 Å². The van der Waals surface area contributed by atoms with Crippen LogP contribution in [0.5, 0.6) is 0 Å². The highest BCUT2D eigenvalue weighted by Crippen LogP contribution is 1.89. The van der Waals surface area contributed by atoms with Gasteiger partial charge >= 0.3 is 0 Å². The lowest BCUT2D eigenvalue weighted by molar-refractivity contribution is -0.198. The van der Waals surface area contributed by atoms with Crippen molar-refractivity contribution in [2.45, 2.75) is 0 Å². The highest BCUT2D eigenvalue weighted by Gasteiger charge is 1.75. The maximum atomic E-state index is 4.30. The summed E-state index contributed by atoms with van der Waals surface area (Å²) in [6, 6.07) is 0. The third-order valence-electron chi connectivity index (χ3n) is 0.435. The van der Waals surface area contributed by atoms with E-state index in [1.807, 2.05) is 0 Å². The van der Waals surface area contributed by atoms with Crippen molar-refractivity contribution in [1.82, 2.24) is 0 Å². The van der Waals surface area contributed by atoms with Crippen LogP contribution in [0.4, 0.5) is 0 Å². The minimum absolute atomic E-state index is 0. The zero-order valence-electron chi connectivity index (χ0n) is 3.53. The summed E-state index contributed by atoms with van der Waals surface area (Å²) in [6.45, 7) is 0. The van der Waals surface area contributed by atoms with Crippen molar-refractivity contribution >= 4 is 12.4 Å². The van der Waals surface area contributed by atoms with E-state index in [4.69, 9.17) is 0 Å². The first-order valence-corrected chi connectivity index (χ1v) is 1.64. The van der Waals surface area contributed by atoms with Gasteiger partial charge in [0, 0.05) is 0 Å². The predicted molar refractivity (Wildman–Crippen MR) is 27.7 cm³/mol. The highest BCUT2D eigenvalue weighted by molar-refractivity contribution is 5.85. The average Bonchev–Trinajstić information content (AvgIpc) is 1.72. The summed E-state index contributed by atoms with van der Waals surface area (Å²) in [4.78, 5) is 8.60. The Morgan fingerprint density at radius 1 is 0.857 bits per heavy atom. The Bertz CT molecular complexity index is 75.7. The van der Waals surface area contributed by atoms with Crippen molar-refractivity contribution in [3.8, 4) is 0 Å². The van der Waals surface area contributed by atoms with Gasteiger partial charge in [0.15, 0.2) is 0 Å². The van der Waals surface area contributed by atoms with Gasteiger partial charge in [0.25, 0.3) is 0 Å². The van der Waals surface area contributed by atoms with Crippen LogP contribution in [0.2, 0.25) is 0 Å². The molecule has 0 aliphatic carbocycles. The van der Waals surface area contributed by atoms with E-state index in [0.717, 1.165) is 0 Å². The quantitative estimate of drug-likeness (QED) is 0.450. The molecule has 1 aliphatic heterocycles. The molecule has 7 heavy (non-hydrogen) atoms. The van der Waals surface area contributed by atoms with Gasteiger partial charge in [-0.25, -0.2) is 0 Å². The number of halogens is 1. The Morgan fingerprint density at radius 3 is 1.43 bits per heavy atom. The number of hydrogen-bond acceptors (Lipinski definition) is 2. The molecule has 0 aromatic carbocycles. The molecule has 2 nitrogen and oxygen atoms in total. The van der Waals surface area contributed by atoms with Crippen LogP contribution in [0.1, 0.15) is 0 Å². The molecule has 40 valence electrons. The monoisotopic (exact) mass is 120 g/mol. The molecule has 0 atom stereocenters. The second-order valence-electron chi connectivity index (χ2n) is 0.850. The van der Waals surface area contributed by atoms with E-state index in [-0.39, 0.29) is 12.4 Å². The third kappa shape index (κ3) is 2.11. The van der Waals surface area contributed by atoms with Crippen molar-refractivity contribution < 1.29 is 9.78 Å². The minimum atomic E-state index is 0. The van der Waals surface area contributed by atoms with Crippen LogP contribution in [0.25, 0.3) is 0 Å². The maximum absolute atomic E-state index is 4.30. The van der Waals surface area contributed by atoms with Gasteiger partial charge in [0.05, 0.1) is 0 Å². The largest absolute Gasteiger partial charge is 0.299 e.